The number of ketones is 1. The topological polar surface area (TPSA) is 77.5 Å². The Morgan fingerprint density at radius 2 is 1.74 bits per heavy atom. The molecule has 1 aromatic rings. The number of carbonyl (C=O) groups excluding carboxylic acids is 2. The first-order chi connectivity index (χ1) is 8.84. The van der Waals surface area contributed by atoms with E-state index in [9.17, 15) is 18.0 Å². The number of sulfone groups is 1. The van der Waals surface area contributed by atoms with Crippen LogP contribution >= 0.6 is 15.9 Å². The molecule has 0 aliphatic heterocycles. The molecular weight excluding hydrogens is 336 g/mol. The SMILES string of the molecule is CCOC(=O)CS(=O)(=O)CC(=O)c1ccc(Br)cc1. The third-order valence-corrected chi connectivity index (χ3v) is 4.07. The van der Waals surface area contributed by atoms with Gasteiger partial charge < -0.3 is 4.74 Å². The lowest BCUT2D eigenvalue weighted by molar-refractivity contribution is -0.139. The van der Waals surface area contributed by atoms with Gasteiger partial charge in [0.2, 0.25) is 0 Å². The van der Waals surface area contributed by atoms with Crippen LogP contribution in [-0.4, -0.2) is 38.3 Å². The molecule has 0 bridgehead atoms. The van der Waals surface area contributed by atoms with Crippen molar-refractivity contribution >= 4 is 37.5 Å². The van der Waals surface area contributed by atoms with Crippen LogP contribution in [-0.2, 0) is 19.4 Å². The lowest BCUT2D eigenvalue weighted by Gasteiger charge is -2.04. The van der Waals surface area contributed by atoms with Crippen molar-refractivity contribution in [1.29, 1.82) is 0 Å². The van der Waals surface area contributed by atoms with Gasteiger partial charge in [-0.25, -0.2) is 8.42 Å². The third kappa shape index (κ3) is 5.52. The molecule has 1 aromatic carbocycles. The van der Waals surface area contributed by atoms with Gasteiger partial charge in [0.15, 0.2) is 15.6 Å². The first kappa shape index (κ1) is 15.8. The largest absolute Gasteiger partial charge is 0.465 e. The molecule has 0 saturated carbocycles. The molecule has 0 atom stereocenters. The first-order valence-electron chi connectivity index (χ1n) is 5.49. The zero-order chi connectivity index (χ0) is 14.5. The van der Waals surface area contributed by atoms with Crippen molar-refractivity contribution in [3.8, 4) is 0 Å². The molecular formula is C12H13BrO5S. The highest BCUT2D eigenvalue weighted by atomic mass is 79.9. The summed E-state index contributed by atoms with van der Waals surface area (Å²) in [4.78, 5) is 22.9. The number of ether oxygens (including phenoxy) is 1. The summed E-state index contributed by atoms with van der Waals surface area (Å²) in [6, 6.07) is 6.33. The van der Waals surface area contributed by atoms with Crippen LogP contribution in [0, 0.1) is 0 Å². The second kappa shape index (κ2) is 6.81. The first-order valence-corrected chi connectivity index (χ1v) is 8.10. The maximum atomic E-state index is 11.8. The van der Waals surface area contributed by atoms with Gasteiger partial charge in [-0.2, -0.15) is 0 Å². The number of esters is 1. The van der Waals surface area contributed by atoms with Gasteiger partial charge in [-0.1, -0.05) is 28.1 Å². The Morgan fingerprint density at radius 3 is 2.26 bits per heavy atom. The second-order valence-corrected chi connectivity index (χ2v) is 6.75. The Morgan fingerprint density at radius 1 is 1.16 bits per heavy atom. The van der Waals surface area contributed by atoms with Crippen molar-refractivity contribution in [2.24, 2.45) is 0 Å². The number of hydrogen-bond donors (Lipinski definition) is 0. The Balaban J connectivity index is 2.70. The highest BCUT2D eigenvalue weighted by Gasteiger charge is 2.22. The van der Waals surface area contributed by atoms with E-state index in [0.29, 0.717) is 0 Å². The molecule has 0 spiro atoms. The molecule has 0 aliphatic carbocycles. The Bertz CT molecular complexity index is 562. The molecule has 0 saturated heterocycles. The number of benzene rings is 1. The van der Waals surface area contributed by atoms with Gasteiger partial charge in [0.05, 0.1) is 6.61 Å². The molecule has 0 N–H and O–H groups in total. The smallest absolute Gasteiger partial charge is 0.321 e. The van der Waals surface area contributed by atoms with E-state index in [-0.39, 0.29) is 12.2 Å². The minimum absolute atomic E-state index is 0.106. The quantitative estimate of drug-likeness (QED) is 0.576. The summed E-state index contributed by atoms with van der Waals surface area (Å²) in [6.07, 6.45) is 0. The van der Waals surface area contributed by atoms with Gasteiger partial charge in [0.25, 0.3) is 0 Å². The molecule has 1 rings (SSSR count). The van der Waals surface area contributed by atoms with Crippen LogP contribution < -0.4 is 0 Å². The second-order valence-electron chi connectivity index (χ2n) is 3.77. The fourth-order valence-electron chi connectivity index (χ4n) is 1.35. The van der Waals surface area contributed by atoms with Gasteiger partial charge in [0, 0.05) is 10.0 Å². The molecule has 0 radical (unpaired) electrons. The predicted molar refractivity (Wildman–Crippen MR) is 73.8 cm³/mol. The van der Waals surface area contributed by atoms with Gasteiger partial charge in [-0.05, 0) is 19.1 Å². The average Bonchev–Trinajstić information content (AvgIpc) is 2.28. The summed E-state index contributed by atoms with van der Waals surface area (Å²) >= 11 is 3.22. The van der Waals surface area contributed by atoms with E-state index in [1.807, 2.05) is 0 Å². The molecule has 0 heterocycles. The van der Waals surface area contributed by atoms with Crippen molar-refractivity contribution in [3.05, 3.63) is 34.3 Å². The number of carbonyl (C=O) groups is 2. The number of rotatable bonds is 6. The molecule has 19 heavy (non-hydrogen) atoms. The average molecular weight is 349 g/mol. The highest BCUT2D eigenvalue weighted by Crippen LogP contribution is 2.11. The van der Waals surface area contributed by atoms with Crippen LogP contribution in [0.3, 0.4) is 0 Å². The van der Waals surface area contributed by atoms with Gasteiger partial charge >= 0.3 is 5.97 Å². The zero-order valence-corrected chi connectivity index (χ0v) is 12.7. The summed E-state index contributed by atoms with van der Waals surface area (Å²) in [5, 5.41) is 0. The summed E-state index contributed by atoms with van der Waals surface area (Å²) in [5.41, 5.74) is 0.288. The zero-order valence-electron chi connectivity index (χ0n) is 10.3. The fourth-order valence-corrected chi connectivity index (χ4v) is 2.73. The Hall–Kier alpha value is -1.21. The number of Topliss-reactive ketones (excluding diaryl/α,β-unsaturated/α-hetero) is 1. The number of hydrogen-bond acceptors (Lipinski definition) is 5. The van der Waals surface area contributed by atoms with Crippen LogP contribution in [0.2, 0.25) is 0 Å². The Kier molecular flexibility index (Phi) is 5.68. The van der Waals surface area contributed by atoms with E-state index in [2.05, 4.69) is 20.7 Å². The molecule has 0 aliphatic rings. The van der Waals surface area contributed by atoms with E-state index in [1.165, 1.54) is 12.1 Å². The van der Waals surface area contributed by atoms with Gasteiger partial charge in [0.1, 0.15) is 11.5 Å². The Labute approximate surface area is 120 Å². The van der Waals surface area contributed by atoms with Gasteiger partial charge in [-0.3, -0.25) is 9.59 Å². The van der Waals surface area contributed by atoms with Crippen molar-refractivity contribution in [3.63, 3.8) is 0 Å². The van der Waals surface area contributed by atoms with Crippen LogP contribution in [0.4, 0.5) is 0 Å². The van der Waals surface area contributed by atoms with E-state index in [0.717, 1.165) is 4.47 Å². The lowest BCUT2D eigenvalue weighted by atomic mass is 10.2. The van der Waals surface area contributed by atoms with E-state index in [1.54, 1.807) is 19.1 Å². The van der Waals surface area contributed by atoms with Crippen molar-refractivity contribution in [2.75, 3.05) is 18.1 Å². The molecule has 0 aromatic heterocycles. The maximum Gasteiger partial charge on any atom is 0.321 e. The van der Waals surface area contributed by atoms with Crippen LogP contribution in [0.15, 0.2) is 28.7 Å². The normalized spacial score (nSPS) is 11.1. The molecule has 0 unspecified atom stereocenters. The molecule has 0 amide bonds. The summed E-state index contributed by atoms with van der Waals surface area (Å²) in [6.45, 7) is 1.69. The van der Waals surface area contributed by atoms with E-state index < -0.39 is 33.1 Å². The monoisotopic (exact) mass is 348 g/mol. The van der Waals surface area contributed by atoms with Crippen molar-refractivity contribution in [1.82, 2.24) is 0 Å². The predicted octanol–water partition coefficient (Wildman–Crippen LogP) is 1.61. The number of halogens is 1. The summed E-state index contributed by atoms with van der Waals surface area (Å²) in [5.74, 6) is -2.86. The summed E-state index contributed by atoms with van der Waals surface area (Å²) in [7, 11) is -3.80. The maximum absolute atomic E-state index is 11.8. The summed E-state index contributed by atoms with van der Waals surface area (Å²) < 4.78 is 28.6. The van der Waals surface area contributed by atoms with E-state index in [4.69, 9.17) is 0 Å². The van der Waals surface area contributed by atoms with Gasteiger partial charge in [-0.15, -0.1) is 0 Å². The van der Waals surface area contributed by atoms with Crippen LogP contribution in [0.25, 0.3) is 0 Å². The molecule has 0 fully saturated rings. The molecule has 5 nitrogen and oxygen atoms in total. The van der Waals surface area contributed by atoms with Crippen LogP contribution in [0.1, 0.15) is 17.3 Å². The standard InChI is InChI=1S/C12H13BrO5S/c1-2-18-12(15)8-19(16,17)7-11(14)9-3-5-10(13)6-4-9/h3-6H,2,7-8H2,1H3. The van der Waals surface area contributed by atoms with Crippen molar-refractivity contribution < 1.29 is 22.7 Å². The minimum Gasteiger partial charge on any atom is -0.465 e. The fraction of sp³-hybridized carbons (Fsp3) is 0.333. The lowest BCUT2D eigenvalue weighted by Crippen LogP contribution is -2.25. The van der Waals surface area contributed by atoms with E-state index >= 15 is 0 Å². The van der Waals surface area contributed by atoms with Crippen LogP contribution in [0.5, 0.6) is 0 Å². The molecule has 7 heteroatoms. The molecule has 104 valence electrons. The van der Waals surface area contributed by atoms with Crippen molar-refractivity contribution in [2.45, 2.75) is 6.92 Å². The highest BCUT2D eigenvalue weighted by molar-refractivity contribution is 9.10. The third-order valence-electron chi connectivity index (χ3n) is 2.16. The minimum atomic E-state index is -3.80.